The number of fused-ring (bicyclic) bond motifs is 6. The highest BCUT2D eigenvalue weighted by molar-refractivity contribution is 7.27. The Labute approximate surface area is 300 Å². The summed E-state index contributed by atoms with van der Waals surface area (Å²) in [5.74, 6) is 0. The average molecular weight is 670 g/mol. The monoisotopic (exact) mass is 669 g/mol. The van der Waals surface area contributed by atoms with Crippen LogP contribution in [-0.4, -0.2) is 0 Å². The summed E-state index contributed by atoms with van der Waals surface area (Å²) in [5, 5.41) is 4.81. The highest BCUT2D eigenvalue weighted by Crippen LogP contribution is 2.48. The number of thiophene rings is 1. The van der Waals surface area contributed by atoms with Crippen LogP contribution in [0.2, 0.25) is 0 Å². The zero-order chi connectivity index (χ0) is 33.7. The smallest absolute Gasteiger partial charge is 0.143 e. The number of furan rings is 1. The predicted molar refractivity (Wildman–Crippen MR) is 218 cm³/mol. The molecule has 3 heteroatoms. The Kier molecular flexibility index (Phi) is 7.04. The zero-order valence-corrected chi connectivity index (χ0v) is 28.5. The summed E-state index contributed by atoms with van der Waals surface area (Å²) in [5.41, 5.74) is 12.2. The van der Waals surface area contributed by atoms with Crippen molar-refractivity contribution in [1.82, 2.24) is 0 Å². The molecule has 0 saturated heterocycles. The highest BCUT2D eigenvalue weighted by Gasteiger charge is 2.22. The molecule has 2 nitrogen and oxygen atoms in total. The molecule has 8 aromatic carbocycles. The third kappa shape index (κ3) is 4.93. The number of hydrogen-bond donors (Lipinski definition) is 0. The third-order valence-corrected chi connectivity index (χ3v) is 11.2. The second kappa shape index (κ2) is 12.2. The van der Waals surface area contributed by atoms with E-state index in [0.717, 1.165) is 61.3 Å². The van der Waals surface area contributed by atoms with Gasteiger partial charge < -0.3 is 9.32 Å². The fourth-order valence-corrected chi connectivity index (χ4v) is 8.89. The SMILES string of the molecule is c1ccc(-c2cc(N(c3ccccc3)c3cccc4c3sc3c(-c5ccccc5)cccc34)ccc2-c2cccc3c2oc2ccccc23)cc1. The first-order valence-electron chi connectivity index (χ1n) is 17.3. The first kappa shape index (κ1) is 29.5. The van der Waals surface area contributed by atoms with Crippen LogP contribution in [0.1, 0.15) is 0 Å². The van der Waals surface area contributed by atoms with Gasteiger partial charge in [0.25, 0.3) is 0 Å². The molecule has 0 N–H and O–H groups in total. The number of nitrogens with zero attached hydrogens (tertiary/aromatic N) is 1. The van der Waals surface area contributed by atoms with Crippen LogP contribution in [0.5, 0.6) is 0 Å². The molecule has 0 fully saturated rings. The lowest BCUT2D eigenvalue weighted by Gasteiger charge is -2.27. The van der Waals surface area contributed by atoms with Gasteiger partial charge in [-0.05, 0) is 64.2 Å². The number of rotatable bonds is 6. The van der Waals surface area contributed by atoms with Gasteiger partial charge in [-0.15, -0.1) is 11.3 Å². The Bertz CT molecular complexity index is 2850. The maximum atomic E-state index is 6.55. The van der Waals surface area contributed by atoms with E-state index in [-0.39, 0.29) is 0 Å². The molecule has 0 bridgehead atoms. The van der Waals surface area contributed by atoms with Gasteiger partial charge in [0.05, 0.1) is 10.4 Å². The van der Waals surface area contributed by atoms with E-state index in [9.17, 15) is 0 Å². The van der Waals surface area contributed by atoms with Gasteiger partial charge in [0.15, 0.2) is 0 Å². The summed E-state index contributed by atoms with van der Waals surface area (Å²) in [6, 6.07) is 67.2. The Morgan fingerprint density at radius 1 is 0.373 bits per heavy atom. The third-order valence-electron chi connectivity index (χ3n) is 9.88. The molecule has 10 rings (SSSR count). The number of hydrogen-bond acceptors (Lipinski definition) is 3. The molecule has 0 atom stereocenters. The van der Waals surface area contributed by atoms with Crippen molar-refractivity contribution < 1.29 is 4.42 Å². The lowest BCUT2D eigenvalue weighted by Crippen LogP contribution is -2.10. The summed E-state index contributed by atoms with van der Waals surface area (Å²) in [6.45, 7) is 0. The van der Waals surface area contributed by atoms with Crippen LogP contribution in [0.15, 0.2) is 192 Å². The first-order chi connectivity index (χ1) is 25.3. The summed E-state index contributed by atoms with van der Waals surface area (Å²) in [7, 11) is 0. The van der Waals surface area contributed by atoms with Crippen LogP contribution >= 0.6 is 11.3 Å². The van der Waals surface area contributed by atoms with E-state index in [1.54, 1.807) is 0 Å². The molecular weight excluding hydrogens is 639 g/mol. The van der Waals surface area contributed by atoms with Gasteiger partial charge in [-0.25, -0.2) is 0 Å². The van der Waals surface area contributed by atoms with E-state index in [0.29, 0.717) is 0 Å². The number of para-hydroxylation sites is 3. The van der Waals surface area contributed by atoms with E-state index in [2.05, 4.69) is 187 Å². The van der Waals surface area contributed by atoms with Crippen LogP contribution < -0.4 is 4.90 Å². The van der Waals surface area contributed by atoms with Crippen molar-refractivity contribution in [3.05, 3.63) is 188 Å². The van der Waals surface area contributed by atoms with Crippen molar-refractivity contribution in [2.75, 3.05) is 4.90 Å². The first-order valence-corrected chi connectivity index (χ1v) is 18.1. The minimum absolute atomic E-state index is 0.903. The van der Waals surface area contributed by atoms with Crippen molar-refractivity contribution in [3.63, 3.8) is 0 Å². The Morgan fingerprint density at radius 2 is 0.961 bits per heavy atom. The molecule has 0 aliphatic carbocycles. The molecule has 0 unspecified atom stereocenters. The largest absolute Gasteiger partial charge is 0.455 e. The van der Waals surface area contributed by atoms with Crippen molar-refractivity contribution >= 4 is 70.5 Å². The molecule has 0 radical (unpaired) electrons. The average Bonchev–Trinajstić information content (AvgIpc) is 3.79. The molecule has 0 aliphatic rings. The van der Waals surface area contributed by atoms with E-state index in [1.165, 1.54) is 31.3 Å². The van der Waals surface area contributed by atoms with Crippen LogP contribution in [0.3, 0.4) is 0 Å². The molecule has 51 heavy (non-hydrogen) atoms. The summed E-state index contributed by atoms with van der Waals surface area (Å²) >= 11 is 1.88. The van der Waals surface area contributed by atoms with Crippen LogP contribution in [0, 0.1) is 0 Å². The van der Waals surface area contributed by atoms with Crippen LogP contribution in [0.25, 0.3) is 75.5 Å². The quantitative estimate of drug-likeness (QED) is 0.175. The second-order valence-corrected chi connectivity index (χ2v) is 13.9. The van der Waals surface area contributed by atoms with Crippen molar-refractivity contribution in [2.45, 2.75) is 0 Å². The topological polar surface area (TPSA) is 16.4 Å². The summed E-state index contributed by atoms with van der Waals surface area (Å²) < 4.78 is 9.12. The molecule has 0 amide bonds. The van der Waals surface area contributed by atoms with E-state index >= 15 is 0 Å². The number of benzene rings is 8. The minimum atomic E-state index is 0.903. The standard InChI is InChI=1S/C48H31NOS/c1-4-15-32(16-5-1)36-22-12-25-41-42-26-14-27-44(48(42)51-47(36)41)49(34-19-8-3-9-20-34)35-29-30-37(43(31-35)33-17-6-2-7-18-33)39-23-13-24-40-38-21-10-11-28-45(38)50-46(39)40/h1-31H. The van der Waals surface area contributed by atoms with Crippen molar-refractivity contribution in [3.8, 4) is 33.4 Å². The van der Waals surface area contributed by atoms with Gasteiger partial charge in [-0.3, -0.25) is 0 Å². The summed E-state index contributed by atoms with van der Waals surface area (Å²) in [6.07, 6.45) is 0. The maximum absolute atomic E-state index is 6.55. The zero-order valence-electron chi connectivity index (χ0n) is 27.7. The Hall–Kier alpha value is -6.42. The molecule has 2 aromatic heterocycles. The normalized spacial score (nSPS) is 11.5. The Balaban J connectivity index is 1.22. The van der Waals surface area contributed by atoms with Gasteiger partial charge in [0.1, 0.15) is 11.2 Å². The van der Waals surface area contributed by atoms with Gasteiger partial charge in [-0.1, -0.05) is 152 Å². The van der Waals surface area contributed by atoms with Crippen molar-refractivity contribution in [2.24, 2.45) is 0 Å². The lowest BCUT2D eigenvalue weighted by atomic mass is 9.92. The fourth-order valence-electron chi connectivity index (χ4n) is 7.55. The molecule has 240 valence electrons. The van der Waals surface area contributed by atoms with Crippen LogP contribution in [-0.2, 0) is 0 Å². The Morgan fingerprint density at radius 3 is 1.73 bits per heavy atom. The lowest BCUT2D eigenvalue weighted by molar-refractivity contribution is 0.670. The van der Waals surface area contributed by atoms with Gasteiger partial charge >= 0.3 is 0 Å². The van der Waals surface area contributed by atoms with E-state index in [4.69, 9.17) is 4.42 Å². The molecule has 0 spiro atoms. The highest BCUT2D eigenvalue weighted by atomic mass is 32.1. The second-order valence-electron chi connectivity index (χ2n) is 12.9. The fraction of sp³-hybridized carbons (Fsp3) is 0. The van der Waals surface area contributed by atoms with E-state index < -0.39 is 0 Å². The maximum Gasteiger partial charge on any atom is 0.143 e. The summed E-state index contributed by atoms with van der Waals surface area (Å²) in [4.78, 5) is 2.41. The molecule has 10 aromatic rings. The van der Waals surface area contributed by atoms with Gasteiger partial charge in [0, 0.05) is 43.2 Å². The van der Waals surface area contributed by atoms with Gasteiger partial charge in [-0.2, -0.15) is 0 Å². The van der Waals surface area contributed by atoms with Crippen molar-refractivity contribution in [1.29, 1.82) is 0 Å². The van der Waals surface area contributed by atoms with E-state index in [1.807, 2.05) is 17.4 Å². The molecular formula is C48H31NOS. The predicted octanol–water partition coefficient (Wildman–Crippen LogP) is 14.4. The number of anilines is 3. The van der Waals surface area contributed by atoms with Gasteiger partial charge in [0.2, 0.25) is 0 Å². The molecule has 2 heterocycles. The minimum Gasteiger partial charge on any atom is -0.455 e. The molecule has 0 aliphatic heterocycles. The van der Waals surface area contributed by atoms with Crippen LogP contribution in [0.4, 0.5) is 17.1 Å². The molecule has 0 saturated carbocycles.